The van der Waals surface area contributed by atoms with Gasteiger partial charge in [0.05, 0.1) is 18.4 Å². The predicted octanol–water partition coefficient (Wildman–Crippen LogP) is 0.222. The molecule has 0 spiro atoms. The van der Waals surface area contributed by atoms with E-state index in [1.807, 2.05) is 0 Å². The normalized spacial score (nSPS) is 14.2. The molecule has 24 heavy (non-hydrogen) atoms. The molecule has 0 radical (unpaired) electrons. The van der Waals surface area contributed by atoms with Crippen molar-refractivity contribution < 1.29 is 28.7 Å². The zero-order valence-corrected chi connectivity index (χ0v) is 13.1. The molecule has 2 rings (SSSR count). The summed E-state index contributed by atoms with van der Waals surface area (Å²) in [4.78, 5) is 60.3. The Morgan fingerprint density at radius 3 is 2.29 bits per heavy atom. The van der Waals surface area contributed by atoms with Gasteiger partial charge in [0.2, 0.25) is 5.91 Å². The molecular formula is C15H15N3O6. The third-order valence-electron chi connectivity index (χ3n) is 3.36. The number of esters is 1. The highest BCUT2D eigenvalue weighted by Gasteiger charge is 2.44. The average Bonchev–Trinajstić information content (AvgIpc) is 2.77. The molecule has 1 heterocycles. The van der Waals surface area contributed by atoms with Crippen LogP contribution in [-0.4, -0.2) is 59.7 Å². The van der Waals surface area contributed by atoms with Crippen LogP contribution in [0.4, 0.5) is 10.5 Å². The number of hydrogen-bond donors (Lipinski definition) is 1. The molecule has 1 aliphatic rings. The van der Waals surface area contributed by atoms with Crippen molar-refractivity contribution in [2.75, 3.05) is 25.5 Å². The summed E-state index contributed by atoms with van der Waals surface area (Å²) in [5.74, 6) is -3.39. The van der Waals surface area contributed by atoms with Crippen LogP contribution in [0.15, 0.2) is 24.3 Å². The van der Waals surface area contributed by atoms with Gasteiger partial charge in [-0.1, -0.05) is 12.1 Å². The minimum atomic E-state index is -1.06. The summed E-state index contributed by atoms with van der Waals surface area (Å²) in [6, 6.07) is 5.27. The number of anilines is 1. The summed E-state index contributed by atoms with van der Waals surface area (Å²) in [7, 11) is 1.20. The smallest absolute Gasteiger partial charge is 0.339 e. The number of hydrogen-bond acceptors (Lipinski definition) is 6. The fraction of sp³-hybridized carbons (Fsp3) is 0.267. The number of para-hydroxylation sites is 1. The predicted molar refractivity (Wildman–Crippen MR) is 80.9 cm³/mol. The molecule has 1 N–H and O–H groups in total. The van der Waals surface area contributed by atoms with Gasteiger partial charge in [-0.05, 0) is 19.1 Å². The number of amides is 5. The minimum Gasteiger partial charge on any atom is -0.465 e. The van der Waals surface area contributed by atoms with Crippen molar-refractivity contribution in [1.29, 1.82) is 0 Å². The van der Waals surface area contributed by atoms with Crippen molar-refractivity contribution >= 4 is 35.4 Å². The summed E-state index contributed by atoms with van der Waals surface area (Å²) in [5, 5.41) is 2.43. The monoisotopic (exact) mass is 333 g/mol. The minimum absolute atomic E-state index is 0.0344. The second kappa shape index (κ2) is 6.90. The number of carbonyl (C=O) groups is 5. The maximum atomic E-state index is 12.1. The van der Waals surface area contributed by atoms with Gasteiger partial charge in [0.25, 0.3) is 0 Å². The molecule has 1 fully saturated rings. The third kappa shape index (κ3) is 3.09. The summed E-state index contributed by atoms with van der Waals surface area (Å²) in [6.07, 6.45) is 0. The zero-order valence-electron chi connectivity index (χ0n) is 13.1. The van der Waals surface area contributed by atoms with E-state index in [1.54, 1.807) is 19.1 Å². The lowest BCUT2D eigenvalue weighted by Gasteiger charge is -2.14. The molecule has 0 aliphatic carbocycles. The van der Waals surface area contributed by atoms with E-state index in [0.29, 0.717) is 4.90 Å². The van der Waals surface area contributed by atoms with Crippen LogP contribution in [0.1, 0.15) is 17.3 Å². The first-order chi connectivity index (χ1) is 11.4. The molecule has 0 bridgehead atoms. The number of imide groups is 2. The van der Waals surface area contributed by atoms with Gasteiger partial charge >= 0.3 is 23.8 Å². The standard InChI is InChI=1S/C15H15N3O6/c1-3-17-12(20)13(21)18(15(17)23)8-11(19)16-10-7-5-4-6-9(10)14(22)24-2/h4-7H,3,8H2,1-2H3,(H,16,19). The molecular weight excluding hydrogens is 318 g/mol. The van der Waals surface area contributed by atoms with Crippen LogP contribution >= 0.6 is 0 Å². The zero-order chi connectivity index (χ0) is 17.9. The number of ether oxygens (including phenoxy) is 1. The molecule has 0 atom stereocenters. The van der Waals surface area contributed by atoms with E-state index < -0.39 is 36.3 Å². The van der Waals surface area contributed by atoms with Crippen molar-refractivity contribution in [2.45, 2.75) is 6.92 Å². The van der Waals surface area contributed by atoms with Gasteiger partial charge in [0.15, 0.2) is 0 Å². The van der Waals surface area contributed by atoms with Crippen molar-refractivity contribution in [2.24, 2.45) is 0 Å². The molecule has 0 saturated carbocycles. The van der Waals surface area contributed by atoms with Crippen LogP contribution < -0.4 is 5.32 Å². The maximum absolute atomic E-state index is 12.1. The summed E-state index contributed by atoms with van der Waals surface area (Å²) < 4.78 is 4.61. The van der Waals surface area contributed by atoms with Gasteiger partial charge in [0.1, 0.15) is 6.54 Å². The number of nitrogens with zero attached hydrogens (tertiary/aromatic N) is 2. The fourth-order valence-electron chi connectivity index (χ4n) is 2.18. The number of carbonyl (C=O) groups excluding carboxylic acids is 5. The van der Waals surface area contributed by atoms with E-state index in [0.717, 1.165) is 4.90 Å². The Labute approximate surface area is 137 Å². The number of likely N-dealkylation sites (N-methyl/N-ethyl adjacent to an activating group) is 1. The number of urea groups is 1. The molecule has 9 heteroatoms. The number of methoxy groups -OCH3 is 1. The van der Waals surface area contributed by atoms with Crippen molar-refractivity contribution in [1.82, 2.24) is 9.80 Å². The van der Waals surface area contributed by atoms with Crippen molar-refractivity contribution in [3.63, 3.8) is 0 Å². The van der Waals surface area contributed by atoms with E-state index in [4.69, 9.17) is 0 Å². The molecule has 0 aromatic heterocycles. The van der Waals surface area contributed by atoms with E-state index in [9.17, 15) is 24.0 Å². The highest BCUT2D eigenvalue weighted by molar-refractivity contribution is 6.45. The Balaban J connectivity index is 2.12. The van der Waals surface area contributed by atoms with Crippen LogP contribution in [0.2, 0.25) is 0 Å². The van der Waals surface area contributed by atoms with Crippen LogP contribution in [0, 0.1) is 0 Å². The lowest BCUT2D eigenvalue weighted by atomic mass is 10.2. The molecule has 5 amide bonds. The molecule has 9 nitrogen and oxygen atoms in total. The second-order valence-electron chi connectivity index (χ2n) is 4.81. The molecule has 126 valence electrons. The topological polar surface area (TPSA) is 113 Å². The SMILES string of the molecule is CCN1C(=O)C(=O)N(CC(=O)Nc2ccccc2C(=O)OC)C1=O. The Morgan fingerprint density at radius 2 is 1.71 bits per heavy atom. The van der Waals surface area contributed by atoms with E-state index in [2.05, 4.69) is 10.1 Å². The first-order valence-electron chi connectivity index (χ1n) is 7.05. The third-order valence-corrected chi connectivity index (χ3v) is 3.36. The van der Waals surface area contributed by atoms with E-state index >= 15 is 0 Å². The number of benzene rings is 1. The molecule has 1 saturated heterocycles. The molecule has 1 aromatic carbocycles. The van der Waals surface area contributed by atoms with Crippen LogP contribution in [0.25, 0.3) is 0 Å². The van der Waals surface area contributed by atoms with Crippen LogP contribution in [0.3, 0.4) is 0 Å². The first-order valence-corrected chi connectivity index (χ1v) is 7.05. The van der Waals surface area contributed by atoms with Crippen LogP contribution in [0.5, 0.6) is 0 Å². The first kappa shape index (κ1) is 17.1. The Hall–Kier alpha value is -3.23. The highest BCUT2D eigenvalue weighted by Crippen LogP contribution is 2.17. The Kier molecular flexibility index (Phi) is 4.93. The average molecular weight is 333 g/mol. The summed E-state index contributed by atoms with van der Waals surface area (Å²) in [6.45, 7) is 0.946. The van der Waals surface area contributed by atoms with Gasteiger partial charge in [-0.25, -0.2) is 14.5 Å². The second-order valence-corrected chi connectivity index (χ2v) is 4.81. The van der Waals surface area contributed by atoms with Gasteiger partial charge in [-0.2, -0.15) is 0 Å². The fourth-order valence-corrected chi connectivity index (χ4v) is 2.18. The van der Waals surface area contributed by atoms with Crippen molar-refractivity contribution in [3.8, 4) is 0 Å². The van der Waals surface area contributed by atoms with E-state index in [-0.39, 0.29) is 17.8 Å². The van der Waals surface area contributed by atoms with Crippen LogP contribution in [-0.2, 0) is 19.1 Å². The lowest BCUT2D eigenvalue weighted by molar-refractivity contribution is -0.143. The maximum Gasteiger partial charge on any atom is 0.339 e. The highest BCUT2D eigenvalue weighted by atomic mass is 16.5. The number of rotatable bonds is 5. The Bertz CT molecular complexity index is 730. The van der Waals surface area contributed by atoms with E-state index in [1.165, 1.54) is 19.2 Å². The lowest BCUT2D eigenvalue weighted by Crippen LogP contribution is -2.39. The van der Waals surface area contributed by atoms with Gasteiger partial charge in [0, 0.05) is 6.54 Å². The molecule has 1 aliphatic heterocycles. The molecule has 0 unspecified atom stereocenters. The summed E-state index contributed by atoms with van der Waals surface area (Å²) in [5.41, 5.74) is 0.297. The van der Waals surface area contributed by atoms with Crippen molar-refractivity contribution in [3.05, 3.63) is 29.8 Å². The van der Waals surface area contributed by atoms with Gasteiger partial charge in [-0.3, -0.25) is 19.3 Å². The van der Waals surface area contributed by atoms with Gasteiger partial charge in [-0.15, -0.1) is 0 Å². The molecule has 1 aromatic rings. The number of nitrogens with one attached hydrogen (secondary N) is 1. The Morgan fingerprint density at radius 1 is 1.08 bits per heavy atom. The largest absolute Gasteiger partial charge is 0.465 e. The quantitative estimate of drug-likeness (QED) is 0.468. The summed E-state index contributed by atoms with van der Waals surface area (Å²) >= 11 is 0. The van der Waals surface area contributed by atoms with Gasteiger partial charge < -0.3 is 10.1 Å².